The smallest absolute Gasteiger partial charge is 0.194 e. The summed E-state index contributed by atoms with van der Waals surface area (Å²) in [5, 5.41) is 25.5. The minimum atomic E-state index is -1.38. The Bertz CT molecular complexity index is 1820. The summed E-state index contributed by atoms with van der Waals surface area (Å²) in [6.07, 6.45) is 15.3. The molecular formula is C59H135N21Si2. The number of hydrogen-bond acceptors (Lipinski definition) is 7. The van der Waals surface area contributed by atoms with Crippen LogP contribution in [0.3, 0.4) is 0 Å². The van der Waals surface area contributed by atoms with Gasteiger partial charge >= 0.3 is 0 Å². The summed E-state index contributed by atoms with van der Waals surface area (Å²) in [7, 11) is 9.23. The molecule has 82 heavy (non-hydrogen) atoms. The first-order chi connectivity index (χ1) is 37.3. The highest BCUT2D eigenvalue weighted by Crippen LogP contribution is 2.24. The van der Waals surface area contributed by atoms with Crippen molar-refractivity contribution < 1.29 is 0 Å². The molecule has 0 bridgehead atoms. The standard InChI is InChI=1S/C13H29N3.C11H21N3.C9H21N3.C8H21N3Si.C7H13N3.C7H17N3.C4H13N3Si/c1-9(2)15(10(3)4)13(14)16(11(5)6)12(7)8;12-11(13-9-5-1-2-6-9)14-10-7-3-4-8-10;1-8(2,3)11-7(10)12-9(4,5)6;1-10(2)8(11(3)4)9-12(5,6)7;8-7(9-5-1-2-5)10-6-3-4-6;1-5-9(3)7(8)10(4)6-2;1-8(2,3)7-4(5)6/h9-12,14H,1-8H3;9-10H,1-8H2,(H3,12,13,14);1-6H3,(H3,10,11,12);1-7H3;5-6H,1-4H2,(H3,8,9,10);8H,5-6H2,1-4H3;1-3H3,(H4,5,6,7). The summed E-state index contributed by atoms with van der Waals surface area (Å²) in [6, 6.07) is 3.76. The molecule has 0 aromatic heterocycles. The molecule has 0 saturated heterocycles. The van der Waals surface area contributed by atoms with Crippen molar-refractivity contribution in [2.24, 2.45) is 53.0 Å². The zero-order chi connectivity index (χ0) is 64.7. The van der Waals surface area contributed by atoms with Gasteiger partial charge in [-0.05, 0) is 201 Å². The van der Waals surface area contributed by atoms with Crippen LogP contribution in [0.15, 0.2) is 24.3 Å². The van der Waals surface area contributed by atoms with Gasteiger partial charge in [-0.2, -0.15) is 0 Å². The van der Waals surface area contributed by atoms with Crippen LogP contribution in [0.5, 0.6) is 0 Å². The molecule has 4 rings (SSSR count). The van der Waals surface area contributed by atoms with Gasteiger partial charge in [0.15, 0.2) is 58.2 Å². The lowest BCUT2D eigenvalue weighted by Gasteiger charge is -2.42. The topological polar surface area (TPSA) is 295 Å². The van der Waals surface area contributed by atoms with E-state index in [1.54, 1.807) is 0 Å². The molecule has 0 spiro atoms. The van der Waals surface area contributed by atoms with Gasteiger partial charge in [-0.3, -0.25) is 30.1 Å². The quantitative estimate of drug-likeness (QED) is 0.0496. The number of nitrogens with one attached hydrogen (secondary N) is 5. The molecule has 0 amide bonds. The molecule has 484 valence electrons. The molecule has 0 aromatic carbocycles. The molecule has 4 aliphatic rings. The van der Waals surface area contributed by atoms with Crippen molar-refractivity contribution in [1.29, 1.82) is 10.8 Å². The van der Waals surface area contributed by atoms with Gasteiger partial charge in [-0.1, -0.05) is 25.7 Å². The molecular weight excluding hydrogens is 1060 g/mol. The van der Waals surface area contributed by atoms with Gasteiger partial charge in [0.05, 0.1) is 17.6 Å². The Morgan fingerprint density at radius 2 is 0.829 bits per heavy atom. The van der Waals surface area contributed by atoms with Gasteiger partial charge in [-0.15, -0.1) is 0 Å². The fourth-order valence-electron chi connectivity index (χ4n) is 8.38. The zero-order valence-corrected chi connectivity index (χ0v) is 60.3. The number of aliphatic imine (C=N–C) groups is 3. The predicted octanol–water partition coefficient (Wildman–Crippen LogP) is 8.86. The molecule has 0 heterocycles. The molecule has 23 heteroatoms. The van der Waals surface area contributed by atoms with E-state index < -0.39 is 16.5 Å². The summed E-state index contributed by atoms with van der Waals surface area (Å²) < 4.78 is 8.74. The van der Waals surface area contributed by atoms with Gasteiger partial charge in [0.2, 0.25) is 0 Å². The molecule has 21 nitrogen and oxygen atoms in total. The molecule has 0 radical (unpaired) electrons. The second-order valence-electron chi connectivity index (χ2n) is 27.7. The van der Waals surface area contributed by atoms with Crippen LogP contribution in [0.4, 0.5) is 0 Å². The van der Waals surface area contributed by atoms with Crippen LogP contribution in [-0.4, -0.2) is 202 Å². The molecule has 4 aliphatic carbocycles. The zero-order valence-electron chi connectivity index (χ0n) is 58.3. The van der Waals surface area contributed by atoms with Crippen molar-refractivity contribution >= 4 is 58.2 Å². The van der Waals surface area contributed by atoms with Crippen LogP contribution in [0.2, 0.25) is 39.3 Å². The summed E-state index contributed by atoms with van der Waals surface area (Å²) in [5.74, 6) is 4.36. The molecule has 15 N–H and O–H groups in total. The van der Waals surface area contributed by atoms with Crippen molar-refractivity contribution in [3.8, 4) is 0 Å². The number of rotatable bonds is 12. The Hall–Kier alpha value is -4.68. The molecule has 0 unspecified atom stereocenters. The predicted molar refractivity (Wildman–Crippen MR) is 368 cm³/mol. The van der Waals surface area contributed by atoms with E-state index in [2.05, 4.69) is 171 Å². The van der Waals surface area contributed by atoms with E-state index in [0.717, 1.165) is 19.0 Å². The van der Waals surface area contributed by atoms with Gasteiger partial charge in [0, 0.05) is 97.2 Å². The Morgan fingerprint density at radius 3 is 1.06 bits per heavy atom. The van der Waals surface area contributed by atoms with Crippen molar-refractivity contribution in [3.05, 3.63) is 0 Å². The third-order valence-corrected chi connectivity index (χ3v) is 14.0. The maximum atomic E-state index is 8.38. The summed E-state index contributed by atoms with van der Waals surface area (Å²) in [5.41, 5.74) is 27.3. The first-order valence-electron chi connectivity index (χ1n) is 30.8. The van der Waals surface area contributed by atoms with Gasteiger partial charge in [-0.25, -0.2) is 4.99 Å². The highest BCUT2D eigenvalue weighted by atomic mass is 28.3. The minimum Gasteiger partial charge on any atom is -0.371 e. The van der Waals surface area contributed by atoms with E-state index in [1.165, 1.54) is 77.0 Å². The highest BCUT2D eigenvalue weighted by Gasteiger charge is 2.27. The number of nitrogens with zero attached hydrogens (tertiary/aromatic N) is 11. The Balaban J connectivity index is -0.000000896. The van der Waals surface area contributed by atoms with Crippen LogP contribution in [0.1, 0.15) is 188 Å². The molecule has 4 fully saturated rings. The van der Waals surface area contributed by atoms with Crippen molar-refractivity contribution in [1.82, 2.24) is 45.3 Å². The largest absolute Gasteiger partial charge is 0.371 e. The number of guanidine groups is 7. The molecule has 4 saturated carbocycles. The Labute approximate surface area is 507 Å². The van der Waals surface area contributed by atoms with Crippen LogP contribution < -0.4 is 44.6 Å². The fraction of sp³-hybridized carbons (Fsp3) is 0.881. The van der Waals surface area contributed by atoms with Crippen LogP contribution in [-0.2, 0) is 0 Å². The van der Waals surface area contributed by atoms with E-state index in [9.17, 15) is 0 Å². The van der Waals surface area contributed by atoms with Crippen molar-refractivity contribution in [2.45, 2.75) is 287 Å². The highest BCUT2D eigenvalue weighted by molar-refractivity contribution is 6.75. The lowest BCUT2D eigenvalue weighted by atomic mass is 10.1. The fourth-order valence-corrected chi connectivity index (χ4v) is 10.2. The monoisotopic (exact) mass is 1190 g/mol. The molecule has 0 aromatic rings. The van der Waals surface area contributed by atoms with Crippen molar-refractivity contribution in [3.63, 3.8) is 0 Å². The Morgan fingerprint density at radius 1 is 0.500 bits per heavy atom. The third-order valence-electron chi connectivity index (χ3n) is 12.2. The van der Waals surface area contributed by atoms with E-state index in [0.29, 0.717) is 78.1 Å². The molecule has 0 atom stereocenters. The Kier molecular flexibility index (Phi) is 39.6. The van der Waals surface area contributed by atoms with E-state index in [4.69, 9.17) is 44.1 Å². The van der Waals surface area contributed by atoms with E-state index in [1.807, 2.05) is 86.7 Å². The van der Waals surface area contributed by atoms with Crippen LogP contribution in [0.25, 0.3) is 0 Å². The SMILES string of the molecule is CC(C)(C)N=C(N)NC(C)(C)C.CC(C)N(C(=N)N(C(C)C)C(C)C)C(C)C.CCN(C)C(=N)N(C)CC.CN(C)C(=N[Si](C)(C)C)N(C)C.C[Si](C)(C)N=C(N)N.NC(=NC1CC1)NC1CC1.NC(=NC1CCCC1)NC1CCCC1. The molecule has 0 aliphatic heterocycles. The average molecular weight is 1200 g/mol. The van der Waals surface area contributed by atoms with E-state index >= 15 is 0 Å². The number of nitrogens with two attached hydrogens (primary N) is 5. The minimum absolute atomic E-state index is 0.0150. The lowest BCUT2D eigenvalue weighted by Crippen LogP contribution is -2.54. The second kappa shape index (κ2) is 39.8. The summed E-state index contributed by atoms with van der Waals surface area (Å²) in [6.45, 7) is 48.2. The van der Waals surface area contributed by atoms with E-state index in [-0.39, 0.29) is 17.0 Å². The van der Waals surface area contributed by atoms with Crippen LogP contribution in [0, 0.1) is 10.8 Å². The lowest BCUT2D eigenvalue weighted by molar-refractivity contribution is 0.197. The maximum absolute atomic E-state index is 8.38. The first kappa shape index (κ1) is 81.5. The number of hydrogen-bond donors (Lipinski definition) is 10. The summed E-state index contributed by atoms with van der Waals surface area (Å²) >= 11 is 0. The average Bonchev–Trinajstić information content (AvgIpc) is 4.17. The van der Waals surface area contributed by atoms with Gasteiger partial charge < -0.3 is 74.0 Å². The maximum Gasteiger partial charge on any atom is 0.194 e. The van der Waals surface area contributed by atoms with Gasteiger partial charge in [0.25, 0.3) is 0 Å². The normalized spacial score (nSPS) is 15.9. The van der Waals surface area contributed by atoms with Gasteiger partial charge in [0.1, 0.15) is 0 Å². The summed E-state index contributed by atoms with van der Waals surface area (Å²) in [4.78, 5) is 25.3. The first-order valence-corrected chi connectivity index (χ1v) is 37.7. The van der Waals surface area contributed by atoms with Crippen LogP contribution >= 0.6 is 0 Å². The third kappa shape index (κ3) is 45.8. The van der Waals surface area contributed by atoms with Crippen molar-refractivity contribution in [2.75, 3.05) is 55.4 Å². The second-order valence-corrected chi connectivity index (χ2v) is 36.9.